The van der Waals surface area contributed by atoms with Gasteiger partial charge in [0.15, 0.2) is 11.0 Å². The first kappa shape index (κ1) is 18.1. The topological polar surface area (TPSA) is 72.7 Å². The van der Waals surface area contributed by atoms with Gasteiger partial charge in [-0.2, -0.15) is 0 Å². The maximum atomic E-state index is 12.3. The van der Waals surface area contributed by atoms with Crippen LogP contribution < -0.4 is 5.32 Å². The number of carbonyl (C=O) groups excluding carboxylic acids is 1. The fraction of sp³-hybridized carbons (Fsp3) is 0.263. The molecule has 1 aromatic carbocycles. The van der Waals surface area contributed by atoms with E-state index in [1.165, 1.54) is 17.3 Å². The number of nitrogens with one attached hydrogen (secondary N) is 1. The second-order valence-corrected chi connectivity index (χ2v) is 6.88. The molecule has 1 N–H and O–H groups in total. The predicted octanol–water partition coefficient (Wildman–Crippen LogP) is 3.71. The molecule has 0 saturated heterocycles. The number of thioether (sulfide) groups is 1. The third-order valence-corrected chi connectivity index (χ3v) is 4.93. The molecule has 3 rings (SSSR count). The van der Waals surface area contributed by atoms with E-state index in [-0.39, 0.29) is 11.7 Å². The lowest BCUT2D eigenvalue weighted by Gasteiger charge is -2.10. The van der Waals surface area contributed by atoms with Crippen LogP contribution in [0.4, 0.5) is 5.69 Å². The van der Waals surface area contributed by atoms with Crippen molar-refractivity contribution in [3.8, 4) is 11.4 Å². The molecule has 7 heteroatoms. The minimum absolute atomic E-state index is 0.0573. The monoisotopic (exact) mass is 367 g/mol. The van der Waals surface area contributed by atoms with Crippen molar-refractivity contribution < 1.29 is 4.79 Å². The van der Waals surface area contributed by atoms with Gasteiger partial charge in [0.1, 0.15) is 0 Å². The van der Waals surface area contributed by atoms with Crippen LogP contribution in [-0.2, 0) is 11.3 Å². The number of benzene rings is 1. The summed E-state index contributed by atoms with van der Waals surface area (Å²) in [6.45, 7) is 6.79. The van der Waals surface area contributed by atoms with Crippen molar-refractivity contribution in [1.29, 1.82) is 0 Å². The highest BCUT2D eigenvalue weighted by molar-refractivity contribution is 7.99. The molecule has 0 bridgehead atoms. The van der Waals surface area contributed by atoms with Gasteiger partial charge in [0, 0.05) is 30.2 Å². The molecule has 0 spiro atoms. The third kappa shape index (κ3) is 4.11. The summed E-state index contributed by atoms with van der Waals surface area (Å²) in [6, 6.07) is 9.78. The van der Waals surface area contributed by atoms with E-state index >= 15 is 0 Å². The van der Waals surface area contributed by atoms with Crippen LogP contribution in [0.1, 0.15) is 18.1 Å². The highest BCUT2D eigenvalue weighted by Gasteiger charge is 2.14. The summed E-state index contributed by atoms with van der Waals surface area (Å²) in [5, 5.41) is 12.2. The zero-order valence-electron chi connectivity index (χ0n) is 15.1. The smallest absolute Gasteiger partial charge is 0.234 e. The molecule has 0 saturated carbocycles. The first-order valence-electron chi connectivity index (χ1n) is 8.42. The molecule has 3 aromatic rings. The molecule has 0 unspecified atom stereocenters. The number of anilines is 1. The average Bonchev–Trinajstić information content (AvgIpc) is 3.06. The maximum Gasteiger partial charge on any atom is 0.234 e. The van der Waals surface area contributed by atoms with Gasteiger partial charge in [0.25, 0.3) is 0 Å². The molecule has 6 nitrogen and oxygen atoms in total. The number of rotatable bonds is 6. The summed E-state index contributed by atoms with van der Waals surface area (Å²) in [5.74, 6) is 1.01. The zero-order chi connectivity index (χ0) is 18.5. The van der Waals surface area contributed by atoms with Crippen LogP contribution >= 0.6 is 11.8 Å². The summed E-state index contributed by atoms with van der Waals surface area (Å²) >= 11 is 1.39. The van der Waals surface area contributed by atoms with Gasteiger partial charge in [0.2, 0.25) is 5.91 Å². The Morgan fingerprint density at radius 2 is 1.92 bits per heavy atom. The minimum Gasteiger partial charge on any atom is -0.325 e. The third-order valence-electron chi connectivity index (χ3n) is 3.96. The molecule has 26 heavy (non-hydrogen) atoms. The molecule has 134 valence electrons. The lowest BCUT2D eigenvalue weighted by molar-refractivity contribution is -0.113. The van der Waals surface area contributed by atoms with Gasteiger partial charge in [-0.15, -0.1) is 10.2 Å². The number of pyridine rings is 1. The fourth-order valence-corrected chi connectivity index (χ4v) is 3.47. The number of aromatic nitrogens is 4. The van der Waals surface area contributed by atoms with Crippen molar-refractivity contribution >= 4 is 23.4 Å². The molecular formula is C19H21N5OS. The average molecular weight is 367 g/mol. The van der Waals surface area contributed by atoms with Gasteiger partial charge in [-0.25, -0.2) is 0 Å². The van der Waals surface area contributed by atoms with E-state index in [0.717, 1.165) is 34.3 Å². The Kier molecular flexibility index (Phi) is 5.68. The van der Waals surface area contributed by atoms with E-state index in [1.807, 2.05) is 49.6 Å². The quantitative estimate of drug-likeness (QED) is 0.673. The second-order valence-electron chi connectivity index (χ2n) is 5.94. The Morgan fingerprint density at radius 1 is 1.15 bits per heavy atom. The van der Waals surface area contributed by atoms with Crippen molar-refractivity contribution in [2.45, 2.75) is 32.5 Å². The van der Waals surface area contributed by atoms with Crippen LogP contribution in [0, 0.1) is 13.8 Å². The van der Waals surface area contributed by atoms with Crippen LogP contribution in [-0.4, -0.2) is 31.4 Å². The highest BCUT2D eigenvalue weighted by Crippen LogP contribution is 2.24. The highest BCUT2D eigenvalue weighted by atomic mass is 32.2. The summed E-state index contributed by atoms with van der Waals surface area (Å²) in [4.78, 5) is 16.3. The van der Waals surface area contributed by atoms with E-state index in [2.05, 4.69) is 26.6 Å². The van der Waals surface area contributed by atoms with Crippen LogP contribution in [0.15, 0.2) is 47.9 Å². The van der Waals surface area contributed by atoms with Crippen LogP contribution in [0.25, 0.3) is 11.4 Å². The van der Waals surface area contributed by atoms with Crippen molar-refractivity contribution in [3.63, 3.8) is 0 Å². The number of carbonyl (C=O) groups is 1. The molecule has 0 aliphatic heterocycles. The first-order valence-corrected chi connectivity index (χ1v) is 9.40. The van der Waals surface area contributed by atoms with Crippen molar-refractivity contribution in [2.75, 3.05) is 11.1 Å². The molecule has 0 fully saturated rings. The van der Waals surface area contributed by atoms with Gasteiger partial charge in [-0.3, -0.25) is 9.78 Å². The Balaban J connectivity index is 1.68. The molecule has 0 aliphatic carbocycles. The van der Waals surface area contributed by atoms with E-state index in [0.29, 0.717) is 0 Å². The molecule has 0 atom stereocenters. The summed E-state index contributed by atoms with van der Waals surface area (Å²) in [6.07, 6.45) is 3.46. The molecular weight excluding hydrogens is 346 g/mol. The van der Waals surface area contributed by atoms with Gasteiger partial charge >= 0.3 is 0 Å². The Labute approximate surface area is 157 Å². The molecule has 0 aliphatic rings. The predicted molar refractivity (Wildman–Crippen MR) is 104 cm³/mol. The van der Waals surface area contributed by atoms with Gasteiger partial charge in [-0.05, 0) is 44.5 Å². The minimum atomic E-state index is -0.0573. The standard InChI is InChI=1S/C19H21N5OS/c1-4-24-18(15-7-9-20-10-8-15)22-23-19(24)26-12-17(25)21-16-6-5-13(2)11-14(16)3/h5-11H,4,12H2,1-3H3,(H,21,25). The van der Waals surface area contributed by atoms with Gasteiger partial charge in [-0.1, -0.05) is 29.5 Å². The second kappa shape index (κ2) is 8.14. The largest absolute Gasteiger partial charge is 0.325 e. The number of amides is 1. The van der Waals surface area contributed by atoms with Crippen molar-refractivity contribution in [1.82, 2.24) is 19.7 Å². The SMILES string of the molecule is CCn1c(SCC(=O)Nc2ccc(C)cc2C)nnc1-c1ccncc1. The summed E-state index contributed by atoms with van der Waals surface area (Å²) < 4.78 is 2.00. The fourth-order valence-electron chi connectivity index (χ4n) is 2.67. The molecule has 1 amide bonds. The van der Waals surface area contributed by atoms with E-state index < -0.39 is 0 Å². The number of aryl methyl sites for hydroxylation is 2. The first-order chi connectivity index (χ1) is 12.6. The summed E-state index contributed by atoms with van der Waals surface area (Å²) in [5.41, 5.74) is 4.03. The van der Waals surface area contributed by atoms with Crippen LogP contribution in [0.2, 0.25) is 0 Å². The number of nitrogens with zero attached hydrogens (tertiary/aromatic N) is 4. The van der Waals surface area contributed by atoms with Crippen molar-refractivity contribution in [3.05, 3.63) is 53.9 Å². The lowest BCUT2D eigenvalue weighted by Crippen LogP contribution is -2.15. The normalized spacial score (nSPS) is 10.7. The molecule has 0 radical (unpaired) electrons. The molecule has 2 heterocycles. The zero-order valence-corrected chi connectivity index (χ0v) is 15.9. The lowest BCUT2D eigenvalue weighted by atomic mass is 10.1. The Bertz CT molecular complexity index is 908. The van der Waals surface area contributed by atoms with Crippen molar-refractivity contribution in [2.24, 2.45) is 0 Å². The number of hydrogen-bond acceptors (Lipinski definition) is 5. The Morgan fingerprint density at radius 3 is 2.62 bits per heavy atom. The van der Waals surface area contributed by atoms with E-state index in [9.17, 15) is 4.79 Å². The van der Waals surface area contributed by atoms with Gasteiger partial charge in [0.05, 0.1) is 5.75 Å². The van der Waals surface area contributed by atoms with Gasteiger partial charge < -0.3 is 9.88 Å². The van der Waals surface area contributed by atoms with Crippen LogP contribution in [0.5, 0.6) is 0 Å². The Hall–Kier alpha value is -2.67. The van der Waals surface area contributed by atoms with E-state index in [4.69, 9.17) is 0 Å². The summed E-state index contributed by atoms with van der Waals surface area (Å²) in [7, 11) is 0. The molecule has 2 aromatic heterocycles. The van der Waals surface area contributed by atoms with Crippen LogP contribution in [0.3, 0.4) is 0 Å². The maximum absolute atomic E-state index is 12.3. The van der Waals surface area contributed by atoms with E-state index in [1.54, 1.807) is 12.4 Å². The number of hydrogen-bond donors (Lipinski definition) is 1.